The van der Waals surface area contributed by atoms with Gasteiger partial charge in [-0.3, -0.25) is 4.79 Å². The van der Waals surface area contributed by atoms with E-state index >= 15 is 0 Å². The molecule has 0 aliphatic carbocycles. The molecule has 2 N–H and O–H groups in total. The van der Waals surface area contributed by atoms with Crippen LogP contribution >= 0.6 is 0 Å². The van der Waals surface area contributed by atoms with Crippen LogP contribution in [0.5, 0.6) is 0 Å². The minimum atomic E-state index is -0.380. The van der Waals surface area contributed by atoms with Crippen LogP contribution in [-0.4, -0.2) is 16.6 Å². The van der Waals surface area contributed by atoms with Gasteiger partial charge in [0.2, 0.25) is 5.91 Å². The summed E-state index contributed by atoms with van der Waals surface area (Å²) in [7, 11) is 0. The minimum absolute atomic E-state index is 0.209. The van der Waals surface area contributed by atoms with Crippen LogP contribution in [0.2, 0.25) is 0 Å². The Morgan fingerprint density at radius 2 is 2.54 bits per heavy atom. The van der Waals surface area contributed by atoms with E-state index in [1.54, 1.807) is 12.3 Å². The fourth-order valence-corrected chi connectivity index (χ4v) is 1.54. The van der Waals surface area contributed by atoms with Gasteiger partial charge in [0.25, 0.3) is 0 Å². The van der Waals surface area contributed by atoms with Crippen molar-refractivity contribution >= 4 is 5.91 Å². The highest BCUT2D eigenvalue weighted by molar-refractivity contribution is 5.92. The maximum atomic E-state index is 10.9. The Morgan fingerprint density at radius 1 is 1.77 bits per heavy atom. The average Bonchev–Trinajstić information content (AvgIpc) is 2.46. The molecular formula is C9H12N2O2. The molecular weight excluding hydrogens is 168 g/mol. The molecule has 70 valence electrons. The number of rotatable bonds is 1. The number of fused-ring (bicyclic) bond motifs is 1. The number of aromatic nitrogens is 1. The first-order chi connectivity index (χ1) is 6.16. The Morgan fingerprint density at radius 3 is 3.23 bits per heavy atom. The smallest absolute Gasteiger partial charge is 0.250 e. The van der Waals surface area contributed by atoms with Gasteiger partial charge in [-0.15, -0.1) is 0 Å². The molecule has 0 fully saturated rings. The fourth-order valence-electron chi connectivity index (χ4n) is 1.54. The van der Waals surface area contributed by atoms with Crippen LogP contribution in [0.4, 0.5) is 0 Å². The summed E-state index contributed by atoms with van der Waals surface area (Å²) in [5.41, 5.74) is 6.75. The lowest BCUT2D eigenvalue weighted by Crippen LogP contribution is -2.23. The first-order valence-corrected chi connectivity index (χ1v) is 4.27. The van der Waals surface area contributed by atoms with Gasteiger partial charge in [0.1, 0.15) is 0 Å². The molecule has 1 aliphatic rings. The molecule has 2 heterocycles. The molecule has 1 atom stereocenters. The molecule has 1 aromatic rings. The number of amides is 1. The third kappa shape index (κ3) is 1.45. The predicted octanol–water partition coefficient (Wildman–Crippen LogP) is 0.506. The summed E-state index contributed by atoms with van der Waals surface area (Å²) in [4.78, 5) is 10.9. The van der Waals surface area contributed by atoms with Crippen molar-refractivity contribution in [1.82, 2.24) is 4.57 Å². The van der Waals surface area contributed by atoms with E-state index in [0.29, 0.717) is 12.2 Å². The van der Waals surface area contributed by atoms with Crippen LogP contribution in [0.1, 0.15) is 23.0 Å². The average molecular weight is 180 g/mol. The lowest BCUT2D eigenvalue weighted by molar-refractivity contribution is 0.0167. The summed E-state index contributed by atoms with van der Waals surface area (Å²) in [6.45, 7) is 3.37. The number of carbonyl (C=O) groups excluding carboxylic acids is 1. The van der Waals surface area contributed by atoms with E-state index in [1.807, 2.05) is 11.5 Å². The number of ether oxygens (including phenoxy) is 1. The molecule has 2 rings (SSSR count). The first-order valence-electron chi connectivity index (χ1n) is 4.27. The van der Waals surface area contributed by atoms with Gasteiger partial charge >= 0.3 is 0 Å². The van der Waals surface area contributed by atoms with Crippen molar-refractivity contribution in [3.05, 3.63) is 23.5 Å². The molecule has 1 aromatic heterocycles. The Balaban J connectivity index is 2.33. The quantitative estimate of drug-likeness (QED) is 0.684. The third-order valence-electron chi connectivity index (χ3n) is 2.24. The summed E-state index contributed by atoms with van der Waals surface area (Å²) < 4.78 is 7.45. The van der Waals surface area contributed by atoms with Gasteiger partial charge in [0.05, 0.1) is 18.3 Å². The second-order valence-electron chi connectivity index (χ2n) is 3.36. The number of nitrogens with zero attached hydrogens (tertiary/aromatic N) is 1. The van der Waals surface area contributed by atoms with E-state index in [4.69, 9.17) is 10.5 Å². The van der Waals surface area contributed by atoms with Crippen molar-refractivity contribution < 1.29 is 9.53 Å². The van der Waals surface area contributed by atoms with Gasteiger partial charge in [0.15, 0.2) is 0 Å². The van der Waals surface area contributed by atoms with Gasteiger partial charge in [-0.05, 0) is 13.0 Å². The van der Waals surface area contributed by atoms with Crippen LogP contribution in [0.15, 0.2) is 12.3 Å². The van der Waals surface area contributed by atoms with Crippen LogP contribution in [0.3, 0.4) is 0 Å². The maximum Gasteiger partial charge on any atom is 0.250 e. The van der Waals surface area contributed by atoms with E-state index in [9.17, 15) is 4.79 Å². The van der Waals surface area contributed by atoms with Crippen LogP contribution in [0.25, 0.3) is 0 Å². The summed E-state index contributed by atoms with van der Waals surface area (Å²) in [6.07, 6.45) is 2.00. The SMILES string of the molecule is C[C@H]1Cn2cc(C(N)=O)cc2CO1. The molecule has 13 heavy (non-hydrogen) atoms. The van der Waals surface area contributed by atoms with Gasteiger partial charge in [-0.25, -0.2) is 0 Å². The van der Waals surface area contributed by atoms with Gasteiger partial charge in [-0.2, -0.15) is 0 Å². The zero-order valence-corrected chi connectivity index (χ0v) is 7.49. The van der Waals surface area contributed by atoms with E-state index in [0.717, 1.165) is 12.2 Å². The Kier molecular flexibility index (Phi) is 1.84. The zero-order valence-electron chi connectivity index (χ0n) is 7.49. The normalized spacial score (nSPS) is 21.2. The van der Waals surface area contributed by atoms with Crippen LogP contribution in [-0.2, 0) is 17.9 Å². The molecule has 0 saturated heterocycles. The summed E-state index contributed by atoms with van der Waals surface area (Å²) in [5.74, 6) is -0.380. The second kappa shape index (κ2) is 2.88. The lowest BCUT2D eigenvalue weighted by Gasteiger charge is -2.21. The number of hydrogen-bond donors (Lipinski definition) is 1. The third-order valence-corrected chi connectivity index (χ3v) is 2.24. The lowest BCUT2D eigenvalue weighted by atomic mass is 10.3. The van der Waals surface area contributed by atoms with Crippen molar-refractivity contribution in [2.45, 2.75) is 26.2 Å². The van der Waals surface area contributed by atoms with Gasteiger partial charge in [-0.1, -0.05) is 0 Å². The molecule has 0 saturated carbocycles. The van der Waals surface area contributed by atoms with E-state index in [-0.39, 0.29) is 12.0 Å². The molecule has 0 radical (unpaired) electrons. The monoisotopic (exact) mass is 180 g/mol. The van der Waals surface area contributed by atoms with Crippen molar-refractivity contribution in [3.63, 3.8) is 0 Å². The molecule has 0 spiro atoms. The molecule has 4 heteroatoms. The highest BCUT2D eigenvalue weighted by Crippen LogP contribution is 2.16. The molecule has 1 aliphatic heterocycles. The van der Waals surface area contributed by atoms with Crippen molar-refractivity contribution in [2.75, 3.05) is 0 Å². The highest BCUT2D eigenvalue weighted by atomic mass is 16.5. The van der Waals surface area contributed by atoms with Crippen molar-refractivity contribution in [2.24, 2.45) is 5.73 Å². The molecule has 1 amide bonds. The highest BCUT2D eigenvalue weighted by Gasteiger charge is 2.17. The van der Waals surface area contributed by atoms with Gasteiger partial charge < -0.3 is 15.0 Å². The zero-order chi connectivity index (χ0) is 9.42. The maximum absolute atomic E-state index is 10.9. The summed E-state index contributed by atoms with van der Waals surface area (Å²) in [6, 6.07) is 1.79. The number of primary amides is 1. The molecule has 4 nitrogen and oxygen atoms in total. The molecule has 0 aromatic carbocycles. The van der Waals surface area contributed by atoms with E-state index in [1.165, 1.54) is 0 Å². The second-order valence-corrected chi connectivity index (χ2v) is 3.36. The number of nitrogens with two attached hydrogens (primary N) is 1. The van der Waals surface area contributed by atoms with E-state index in [2.05, 4.69) is 0 Å². The van der Waals surface area contributed by atoms with Gasteiger partial charge in [0, 0.05) is 18.4 Å². The largest absolute Gasteiger partial charge is 0.370 e. The van der Waals surface area contributed by atoms with Crippen molar-refractivity contribution in [3.8, 4) is 0 Å². The number of hydrogen-bond acceptors (Lipinski definition) is 2. The minimum Gasteiger partial charge on any atom is -0.370 e. The number of carbonyl (C=O) groups is 1. The first kappa shape index (κ1) is 8.31. The Bertz CT molecular complexity index is 343. The molecule has 0 unspecified atom stereocenters. The fraction of sp³-hybridized carbons (Fsp3) is 0.444. The standard InChI is InChI=1S/C9H12N2O2/c1-6-3-11-4-7(9(10)12)2-8(11)5-13-6/h2,4,6H,3,5H2,1H3,(H2,10,12)/t6-/m0/s1. The topological polar surface area (TPSA) is 57.2 Å². The Hall–Kier alpha value is -1.29. The molecule has 0 bridgehead atoms. The van der Waals surface area contributed by atoms with Crippen LogP contribution in [0, 0.1) is 0 Å². The summed E-state index contributed by atoms with van der Waals surface area (Å²) >= 11 is 0. The summed E-state index contributed by atoms with van der Waals surface area (Å²) in [5, 5.41) is 0. The van der Waals surface area contributed by atoms with E-state index < -0.39 is 0 Å². The van der Waals surface area contributed by atoms with Crippen molar-refractivity contribution in [1.29, 1.82) is 0 Å². The predicted molar refractivity (Wildman–Crippen MR) is 47.2 cm³/mol. The van der Waals surface area contributed by atoms with Crippen LogP contribution < -0.4 is 5.73 Å². The Labute approximate surface area is 76.3 Å².